The fourth-order valence-electron chi connectivity index (χ4n) is 1.98. The molecule has 0 aliphatic heterocycles. The fourth-order valence-corrected chi connectivity index (χ4v) is 1.98. The van der Waals surface area contributed by atoms with Crippen molar-refractivity contribution >= 4 is 29.1 Å². The molecular formula is C15H13N5O2. The monoisotopic (exact) mass is 295 g/mol. The van der Waals surface area contributed by atoms with Crippen molar-refractivity contribution in [3.63, 3.8) is 0 Å². The third kappa shape index (κ3) is 2.78. The number of fused-ring (bicyclic) bond motifs is 1. The molecule has 0 atom stereocenters. The first-order chi connectivity index (χ1) is 10.6. The van der Waals surface area contributed by atoms with Crippen molar-refractivity contribution in [3.8, 4) is 0 Å². The molecule has 7 nitrogen and oxygen atoms in total. The number of hydrogen-bond acceptors (Lipinski definition) is 4. The molecule has 3 aromatic rings. The first-order valence-corrected chi connectivity index (χ1v) is 6.62. The summed E-state index contributed by atoms with van der Waals surface area (Å²) in [4.78, 5) is 23.2. The lowest BCUT2D eigenvalue weighted by Crippen LogP contribution is -2.20. The van der Waals surface area contributed by atoms with Crippen LogP contribution in [0.25, 0.3) is 5.65 Å². The molecule has 0 fully saturated rings. The first-order valence-electron chi connectivity index (χ1n) is 6.62. The van der Waals surface area contributed by atoms with Gasteiger partial charge in [-0.1, -0.05) is 6.07 Å². The van der Waals surface area contributed by atoms with E-state index in [9.17, 15) is 9.59 Å². The summed E-state index contributed by atoms with van der Waals surface area (Å²) < 4.78 is 1.67. The maximum atomic E-state index is 12.0. The zero-order valence-electron chi connectivity index (χ0n) is 11.8. The zero-order valence-corrected chi connectivity index (χ0v) is 11.8. The Morgan fingerprint density at radius 3 is 2.50 bits per heavy atom. The van der Waals surface area contributed by atoms with E-state index in [1.54, 1.807) is 40.9 Å². The zero-order chi connectivity index (χ0) is 15.5. The van der Waals surface area contributed by atoms with E-state index in [2.05, 4.69) is 20.8 Å². The summed E-state index contributed by atoms with van der Waals surface area (Å²) in [5.74, 6) is 0.305. The summed E-state index contributed by atoms with van der Waals surface area (Å²) in [5, 5.41) is 13.1. The SMILES string of the molecule is CC(=O)c1ccc(NC(=O)Nc2nnc3ccccn23)cc1. The molecule has 0 saturated heterocycles. The van der Waals surface area contributed by atoms with Gasteiger partial charge in [0.2, 0.25) is 5.95 Å². The molecule has 0 bridgehead atoms. The number of aromatic nitrogens is 3. The smallest absolute Gasteiger partial charge is 0.308 e. The molecular weight excluding hydrogens is 282 g/mol. The lowest BCUT2D eigenvalue weighted by atomic mass is 10.1. The second-order valence-electron chi connectivity index (χ2n) is 4.67. The van der Waals surface area contributed by atoms with Crippen molar-refractivity contribution < 1.29 is 9.59 Å². The Bertz CT molecular complexity index is 839. The van der Waals surface area contributed by atoms with Crippen LogP contribution in [0.2, 0.25) is 0 Å². The van der Waals surface area contributed by atoms with Crippen molar-refractivity contribution in [1.29, 1.82) is 0 Å². The first kappa shape index (κ1) is 13.7. The Kier molecular flexibility index (Phi) is 3.53. The van der Waals surface area contributed by atoms with Crippen LogP contribution in [0.4, 0.5) is 16.4 Å². The lowest BCUT2D eigenvalue weighted by molar-refractivity contribution is 0.101. The molecule has 2 heterocycles. The minimum atomic E-state index is -0.436. The number of anilines is 2. The Balaban J connectivity index is 1.71. The van der Waals surface area contributed by atoms with E-state index >= 15 is 0 Å². The van der Waals surface area contributed by atoms with Gasteiger partial charge in [0.15, 0.2) is 11.4 Å². The van der Waals surface area contributed by atoms with E-state index in [1.807, 2.05) is 12.1 Å². The number of pyridine rings is 1. The highest BCUT2D eigenvalue weighted by Crippen LogP contribution is 2.11. The summed E-state index contributed by atoms with van der Waals surface area (Å²) in [6.45, 7) is 1.49. The van der Waals surface area contributed by atoms with Gasteiger partial charge in [-0.15, -0.1) is 10.2 Å². The molecule has 0 unspecified atom stereocenters. The summed E-state index contributed by atoms with van der Waals surface area (Å²) in [5.41, 5.74) is 1.81. The number of carbonyl (C=O) groups excluding carboxylic acids is 2. The topological polar surface area (TPSA) is 88.4 Å². The average molecular weight is 295 g/mol. The number of nitrogens with zero attached hydrogens (tertiary/aromatic N) is 3. The van der Waals surface area contributed by atoms with E-state index in [4.69, 9.17) is 0 Å². The van der Waals surface area contributed by atoms with E-state index in [0.29, 0.717) is 22.8 Å². The van der Waals surface area contributed by atoms with Crippen LogP contribution in [0.15, 0.2) is 48.7 Å². The molecule has 0 spiro atoms. The normalized spacial score (nSPS) is 10.4. The highest BCUT2D eigenvalue weighted by molar-refractivity contribution is 5.99. The predicted molar refractivity (Wildman–Crippen MR) is 82.1 cm³/mol. The fraction of sp³-hybridized carbons (Fsp3) is 0.0667. The number of Topliss-reactive ketones (excluding diaryl/α,β-unsaturated/α-hetero) is 1. The molecule has 2 N–H and O–H groups in total. The van der Waals surface area contributed by atoms with Gasteiger partial charge in [-0.2, -0.15) is 0 Å². The van der Waals surface area contributed by atoms with E-state index in [1.165, 1.54) is 6.92 Å². The van der Waals surface area contributed by atoms with E-state index < -0.39 is 6.03 Å². The largest absolute Gasteiger partial charge is 0.326 e. The minimum Gasteiger partial charge on any atom is -0.308 e. The maximum absolute atomic E-state index is 12.0. The molecule has 0 radical (unpaired) electrons. The Morgan fingerprint density at radius 2 is 1.77 bits per heavy atom. The Morgan fingerprint density at radius 1 is 1.00 bits per heavy atom. The van der Waals surface area contributed by atoms with Gasteiger partial charge in [0.25, 0.3) is 0 Å². The van der Waals surface area contributed by atoms with Crippen LogP contribution in [0.1, 0.15) is 17.3 Å². The number of rotatable bonds is 3. The number of benzene rings is 1. The summed E-state index contributed by atoms with van der Waals surface area (Å²) >= 11 is 0. The molecule has 2 amide bonds. The molecule has 110 valence electrons. The van der Waals surface area contributed by atoms with E-state index in [0.717, 1.165) is 0 Å². The van der Waals surface area contributed by atoms with Crippen LogP contribution in [0.5, 0.6) is 0 Å². The molecule has 0 aliphatic carbocycles. The Labute approximate surface area is 126 Å². The molecule has 22 heavy (non-hydrogen) atoms. The number of amides is 2. The van der Waals surface area contributed by atoms with Crippen LogP contribution in [0.3, 0.4) is 0 Å². The second kappa shape index (κ2) is 5.65. The second-order valence-corrected chi connectivity index (χ2v) is 4.67. The van der Waals surface area contributed by atoms with Crippen LogP contribution < -0.4 is 10.6 Å². The van der Waals surface area contributed by atoms with Gasteiger partial charge in [-0.05, 0) is 43.3 Å². The number of hydrogen-bond donors (Lipinski definition) is 2. The van der Waals surface area contributed by atoms with Crippen molar-refractivity contribution in [2.75, 3.05) is 10.6 Å². The molecule has 3 rings (SSSR count). The van der Waals surface area contributed by atoms with Crippen molar-refractivity contribution in [3.05, 3.63) is 54.2 Å². The quantitative estimate of drug-likeness (QED) is 0.727. The minimum absolute atomic E-state index is 0.0223. The maximum Gasteiger partial charge on any atom is 0.326 e. The third-order valence-electron chi connectivity index (χ3n) is 3.09. The number of urea groups is 1. The molecule has 0 aliphatic rings. The number of carbonyl (C=O) groups is 2. The lowest BCUT2D eigenvalue weighted by Gasteiger charge is -2.06. The van der Waals surface area contributed by atoms with Crippen molar-refractivity contribution in [1.82, 2.24) is 14.6 Å². The van der Waals surface area contributed by atoms with Gasteiger partial charge in [0, 0.05) is 17.4 Å². The summed E-state index contributed by atoms with van der Waals surface area (Å²) in [7, 11) is 0. The van der Waals surface area contributed by atoms with Crippen LogP contribution >= 0.6 is 0 Å². The van der Waals surface area contributed by atoms with Crippen LogP contribution in [-0.2, 0) is 0 Å². The highest BCUT2D eigenvalue weighted by atomic mass is 16.2. The average Bonchev–Trinajstić information content (AvgIpc) is 2.91. The molecule has 7 heteroatoms. The van der Waals surface area contributed by atoms with Crippen molar-refractivity contribution in [2.24, 2.45) is 0 Å². The molecule has 1 aromatic carbocycles. The Hall–Kier alpha value is -3.22. The standard InChI is InChI=1S/C15H13N5O2/c1-10(21)11-5-7-12(8-6-11)16-15(22)17-14-19-18-13-4-2-3-9-20(13)14/h2-9H,1H3,(H2,16,17,19,22). The van der Waals surface area contributed by atoms with Crippen LogP contribution in [0, 0.1) is 0 Å². The van der Waals surface area contributed by atoms with Gasteiger partial charge in [-0.25, -0.2) is 4.79 Å². The van der Waals surface area contributed by atoms with Gasteiger partial charge >= 0.3 is 6.03 Å². The number of ketones is 1. The highest BCUT2D eigenvalue weighted by Gasteiger charge is 2.09. The molecule has 0 saturated carbocycles. The summed E-state index contributed by atoms with van der Waals surface area (Å²) in [6.07, 6.45) is 1.76. The van der Waals surface area contributed by atoms with E-state index in [-0.39, 0.29) is 5.78 Å². The van der Waals surface area contributed by atoms with Crippen molar-refractivity contribution in [2.45, 2.75) is 6.92 Å². The van der Waals surface area contributed by atoms with Gasteiger partial charge in [0.1, 0.15) is 0 Å². The molecule has 2 aromatic heterocycles. The van der Waals surface area contributed by atoms with Crippen LogP contribution in [-0.4, -0.2) is 26.4 Å². The van der Waals surface area contributed by atoms with Gasteiger partial charge < -0.3 is 5.32 Å². The third-order valence-corrected chi connectivity index (χ3v) is 3.09. The van der Waals surface area contributed by atoms with Gasteiger partial charge in [-0.3, -0.25) is 14.5 Å². The number of nitrogens with one attached hydrogen (secondary N) is 2. The predicted octanol–water partition coefficient (Wildman–Crippen LogP) is 2.58. The van der Waals surface area contributed by atoms with Gasteiger partial charge in [0.05, 0.1) is 0 Å². The summed E-state index contributed by atoms with van der Waals surface area (Å²) in [6, 6.07) is 11.7.